The van der Waals surface area contributed by atoms with Gasteiger partial charge >= 0.3 is 0 Å². The molecule has 0 bridgehead atoms. The van der Waals surface area contributed by atoms with E-state index in [-0.39, 0.29) is 11.5 Å². The molecule has 0 radical (unpaired) electrons. The predicted octanol–water partition coefficient (Wildman–Crippen LogP) is 3.01. The van der Waals surface area contributed by atoms with Crippen LogP contribution in [0.2, 0.25) is 0 Å². The fourth-order valence-corrected chi connectivity index (χ4v) is 2.84. The molecule has 3 aromatic rings. The van der Waals surface area contributed by atoms with E-state index in [0.717, 1.165) is 16.9 Å². The molecular weight excluding hydrogens is 361 g/mol. The highest BCUT2D eigenvalue weighted by Gasteiger charge is 2.09. The lowest BCUT2D eigenvalue weighted by atomic mass is 10.1. The van der Waals surface area contributed by atoms with Gasteiger partial charge in [0.1, 0.15) is 17.3 Å². The summed E-state index contributed by atoms with van der Waals surface area (Å²) < 4.78 is 20.5. The first kappa shape index (κ1) is 19.6. The average molecular weight is 383 g/mol. The normalized spacial score (nSPS) is 11.9. The zero-order valence-corrected chi connectivity index (χ0v) is 15.3. The van der Waals surface area contributed by atoms with E-state index < -0.39 is 12.0 Å². The first-order valence-electron chi connectivity index (χ1n) is 9.00. The van der Waals surface area contributed by atoms with Gasteiger partial charge < -0.3 is 20.1 Å². The number of benzene rings is 2. The van der Waals surface area contributed by atoms with Crippen molar-refractivity contribution in [3.63, 3.8) is 0 Å². The van der Waals surface area contributed by atoms with Crippen molar-refractivity contribution in [3.8, 4) is 16.9 Å². The highest BCUT2D eigenvalue weighted by Crippen LogP contribution is 2.24. The number of hydrogen-bond acceptors (Lipinski definition) is 4. The van der Waals surface area contributed by atoms with Gasteiger partial charge in [0.25, 0.3) is 5.91 Å². The van der Waals surface area contributed by atoms with Crippen molar-refractivity contribution in [2.75, 3.05) is 6.61 Å². The largest absolute Gasteiger partial charge is 0.494 e. The number of amides is 1. The monoisotopic (exact) mass is 383 g/mol. The van der Waals surface area contributed by atoms with Crippen molar-refractivity contribution in [3.05, 3.63) is 72.6 Å². The zero-order chi connectivity index (χ0) is 19.9. The van der Waals surface area contributed by atoms with Gasteiger partial charge in [0, 0.05) is 12.7 Å². The molecule has 0 fully saturated rings. The van der Waals surface area contributed by atoms with Crippen LogP contribution in [-0.2, 0) is 6.54 Å². The molecule has 3 N–H and O–H groups in total. The van der Waals surface area contributed by atoms with E-state index in [1.165, 1.54) is 24.7 Å². The SMILES string of the molecule is NC(=O)c1cn(CC(O)CCCOc2cccc(-c3ccc(F)cc3)c2)cn1. The Morgan fingerprint density at radius 3 is 2.71 bits per heavy atom. The molecule has 1 heterocycles. The van der Waals surface area contributed by atoms with Crippen LogP contribution in [0.4, 0.5) is 4.39 Å². The molecule has 0 aliphatic rings. The number of carbonyl (C=O) groups excluding carboxylic acids is 1. The number of aliphatic hydroxyl groups is 1. The predicted molar refractivity (Wildman–Crippen MR) is 103 cm³/mol. The number of imidazole rings is 1. The first-order valence-corrected chi connectivity index (χ1v) is 9.00. The number of nitrogens with two attached hydrogens (primary N) is 1. The van der Waals surface area contributed by atoms with Crippen LogP contribution in [0, 0.1) is 5.82 Å². The summed E-state index contributed by atoms with van der Waals surface area (Å²) in [6.45, 7) is 0.792. The van der Waals surface area contributed by atoms with Crippen LogP contribution in [0.15, 0.2) is 61.1 Å². The highest BCUT2D eigenvalue weighted by atomic mass is 19.1. The van der Waals surface area contributed by atoms with E-state index in [4.69, 9.17) is 10.5 Å². The topological polar surface area (TPSA) is 90.4 Å². The summed E-state index contributed by atoms with van der Waals surface area (Å²) in [6.07, 6.45) is 3.62. The van der Waals surface area contributed by atoms with Crippen LogP contribution in [0.3, 0.4) is 0 Å². The van der Waals surface area contributed by atoms with Gasteiger partial charge in [-0.15, -0.1) is 0 Å². The van der Waals surface area contributed by atoms with Crippen LogP contribution in [0.25, 0.3) is 11.1 Å². The Hall–Kier alpha value is -3.19. The maximum absolute atomic E-state index is 13.1. The number of ether oxygens (including phenoxy) is 1. The fraction of sp³-hybridized carbons (Fsp3) is 0.238. The maximum Gasteiger partial charge on any atom is 0.268 e. The summed E-state index contributed by atoms with van der Waals surface area (Å²) in [6, 6.07) is 13.9. The lowest BCUT2D eigenvalue weighted by Crippen LogP contribution is -2.16. The Morgan fingerprint density at radius 1 is 1.21 bits per heavy atom. The van der Waals surface area contributed by atoms with Crippen molar-refractivity contribution < 1.29 is 19.0 Å². The van der Waals surface area contributed by atoms with Gasteiger partial charge in [-0.2, -0.15) is 0 Å². The van der Waals surface area contributed by atoms with Crippen molar-refractivity contribution >= 4 is 5.91 Å². The van der Waals surface area contributed by atoms with Gasteiger partial charge in [-0.1, -0.05) is 24.3 Å². The number of aromatic nitrogens is 2. The third-order valence-corrected chi connectivity index (χ3v) is 4.27. The van der Waals surface area contributed by atoms with Crippen LogP contribution >= 0.6 is 0 Å². The molecule has 2 aromatic carbocycles. The molecule has 1 unspecified atom stereocenters. The van der Waals surface area contributed by atoms with Gasteiger partial charge in [-0.05, 0) is 48.2 Å². The molecule has 146 valence electrons. The van der Waals surface area contributed by atoms with Gasteiger partial charge in [0.2, 0.25) is 0 Å². The van der Waals surface area contributed by atoms with E-state index in [0.29, 0.717) is 26.0 Å². The molecule has 0 aliphatic heterocycles. The van der Waals surface area contributed by atoms with Crippen molar-refractivity contribution in [2.45, 2.75) is 25.5 Å². The summed E-state index contributed by atoms with van der Waals surface area (Å²) in [5, 5.41) is 10.1. The number of nitrogens with zero attached hydrogens (tertiary/aromatic N) is 2. The molecule has 1 aromatic heterocycles. The molecule has 0 aliphatic carbocycles. The second-order valence-electron chi connectivity index (χ2n) is 6.50. The lowest BCUT2D eigenvalue weighted by molar-refractivity contribution is 0.0995. The number of rotatable bonds is 9. The van der Waals surface area contributed by atoms with Crippen LogP contribution in [0.5, 0.6) is 5.75 Å². The molecule has 1 atom stereocenters. The zero-order valence-electron chi connectivity index (χ0n) is 15.3. The average Bonchev–Trinajstić information content (AvgIpc) is 3.15. The quantitative estimate of drug-likeness (QED) is 0.556. The second-order valence-corrected chi connectivity index (χ2v) is 6.50. The highest BCUT2D eigenvalue weighted by molar-refractivity contribution is 5.90. The van der Waals surface area contributed by atoms with Crippen molar-refractivity contribution in [1.29, 1.82) is 0 Å². The first-order chi connectivity index (χ1) is 13.5. The minimum Gasteiger partial charge on any atom is -0.494 e. The molecule has 0 saturated carbocycles. The number of aliphatic hydroxyl groups excluding tert-OH is 1. The Labute approximate surface area is 162 Å². The molecule has 0 saturated heterocycles. The number of primary amides is 1. The van der Waals surface area contributed by atoms with Crippen LogP contribution in [0.1, 0.15) is 23.3 Å². The molecule has 3 rings (SSSR count). The van der Waals surface area contributed by atoms with Crippen molar-refractivity contribution in [1.82, 2.24) is 9.55 Å². The smallest absolute Gasteiger partial charge is 0.268 e. The molecule has 7 heteroatoms. The third kappa shape index (κ3) is 5.40. The number of hydrogen-bond donors (Lipinski definition) is 2. The van der Waals surface area contributed by atoms with E-state index in [9.17, 15) is 14.3 Å². The summed E-state index contributed by atoms with van der Waals surface area (Å²) >= 11 is 0. The Balaban J connectivity index is 1.45. The van der Waals surface area contributed by atoms with Gasteiger partial charge in [0.05, 0.1) is 19.0 Å². The third-order valence-electron chi connectivity index (χ3n) is 4.27. The summed E-state index contributed by atoms with van der Waals surface area (Å²) in [5.74, 6) is -0.141. The van der Waals surface area contributed by atoms with E-state index in [1.54, 1.807) is 16.7 Å². The number of halogens is 1. The molecule has 6 nitrogen and oxygen atoms in total. The van der Waals surface area contributed by atoms with Gasteiger partial charge in [-0.3, -0.25) is 4.79 Å². The lowest BCUT2D eigenvalue weighted by Gasteiger charge is -2.12. The Bertz CT molecular complexity index is 925. The van der Waals surface area contributed by atoms with Crippen LogP contribution in [-0.4, -0.2) is 33.3 Å². The van der Waals surface area contributed by atoms with Gasteiger partial charge in [0.15, 0.2) is 0 Å². The second kappa shape index (κ2) is 9.14. The number of carbonyl (C=O) groups is 1. The van der Waals surface area contributed by atoms with E-state index in [1.807, 2.05) is 24.3 Å². The van der Waals surface area contributed by atoms with E-state index in [2.05, 4.69) is 4.98 Å². The summed E-state index contributed by atoms with van der Waals surface area (Å²) in [4.78, 5) is 14.9. The van der Waals surface area contributed by atoms with Gasteiger partial charge in [-0.25, -0.2) is 9.37 Å². The summed E-state index contributed by atoms with van der Waals surface area (Å²) in [5.41, 5.74) is 7.19. The fourth-order valence-electron chi connectivity index (χ4n) is 2.84. The van der Waals surface area contributed by atoms with Crippen LogP contribution < -0.4 is 10.5 Å². The standard InChI is InChI=1S/C21H22FN3O3/c22-17-8-6-15(7-9-17)16-3-1-5-19(11-16)28-10-2-4-18(26)12-25-13-20(21(23)27)24-14-25/h1,3,5-9,11,13-14,18,26H,2,4,10,12H2,(H2,23,27). The molecular formula is C21H22FN3O3. The maximum atomic E-state index is 13.1. The summed E-state index contributed by atoms with van der Waals surface area (Å²) in [7, 11) is 0. The molecule has 0 spiro atoms. The molecule has 28 heavy (non-hydrogen) atoms. The minimum absolute atomic E-state index is 0.177. The Morgan fingerprint density at radius 2 is 2.00 bits per heavy atom. The minimum atomic E-state index is -0.593. The Kier molecular flexibility index (Phi) is 6.39. The van der Waals surface area contributed by atoms with Crippen molar-refractivity contribution in [2.24, 2.45) is 5.73 Å². The molecule has 1 amide bonds. The van der Waals surface area contributed by atoms with E-state index >= 15 is 0 Å².